The highest BCUT2D eigenvalue weighted by molar-refractivity contribution is 5.84. The van der Waals surface area contributed by atoms with Crippen LogP contribution in [0.15, 0.2) is 0 Å². The Labute approximate surface area is 123 Å². The first-order valence-electron chi connectivity index (χ1n) is 8.42. The second-order valence-corrected chi connectivity index (χ2v) is 6.63. The van der Waals surface area contributed by atoms with Crippen LogP contribution in [-0.2, 0) is 4.79 Å². The van der Waals surface area contributed by atoms with Crippen molar-refractivity contribution in [3.05, 3.63) is 0 Å². The zero-order valence-electron chi connectivity index (χ0n) is 13.4. The summed E-state index contributed by atoms with van der Waals surface area (Å²) in [5, 5.41) is 3.53. The van der Waals surface area contributed by atoms with E-state index in [4.69, 9.17) is 0 Å². The summed E-state index contributed by atoms with van der Waals surface area (Å²) in [6.07, 6.45) is 6.06. The van der Waals surface area contributed by atoms with E-state index in [0.29, 0.717) is 11.8 Å². The molecule has 0 bridgehead atoms. The lowest BCUT2D eigenvalue weighted by Crippen LogP contribution is -2.42. The molecule has 0 aromatic rings. The molecule has 1 amide bonds. The number of likely N-dealkylation sites (tertiary alicyclic amines) is 1. The molecule has 1 N–H and O–H groups in total. The molecule has 2 atom stereocenters. The van der Waals surface area contributed by atoms with Gasteiger partial charge in [0.2, 0.25) is 5.91 Å². The van der Waals surface area contributed by atoms with Crippen LogP contribution in [0, 0.1) is 5.92 Å². The number of carbonyl (C=O) groups excluding carboxylic acids is 1. The highest BCUT2D eigenvalue weighted by atomic mass is 16.2. The van der Waals surface area contributed by atoms with Gasteiger partial charge in [-0.1, -0.05) is 27.2 Å². The van der Waals surface area contributed by atoms with Crippen LogP contribution in [0.5, 0.6) is 0 Å². The molecule has 116 valence electrons. The Hall–Kier alpha value is -0.610. The van der Waals surface area contributed by atoms with E-state index in [1.165, 1.54) is 25.9 Å². The van der Waals surface area contributed by atoms with Crippen LogP contribution in [0.25, 0.3) is 0 Å². The van der Waals surface area contributed by atoms with E-state index in [9.17, 15) is 4.79 Å². The third-order valence-corrected chi connectivity index (χ3v) is 4.57. The minimum atomic E-state index is 0.0548. The first-order chi connectivity index (χ1) is 9.63. The molecule has 20 heavy (non-hydrogen) atoms. The highest BCUT2D eigenvalue weighted by Crippen LogP contribution is 2.20. The molecular weight excluding hydrogens is 250 g/mol. The third-order valence-electron chi connectivity index (χ3n) is 4.57. The minimum absolute atomic E-state index is 0.0548. The van der Waals surface area contributed by atoms with Crippen molar-refractivity contribution in [3.8, 4) is 0 Å². The molecule has 0 spiro atoms. The fourth-order valence-corrected chi connectivity index (χ4v) is 3.47. The molecule has 0 aromatic heterocycles. The summed E-state index contributed by atoms with van der Waals surface area (Å²) in [6, 6.07) is 0.0548. The van der Waals surface area contributed by atoms with Crippen molar-refractivity contribution >= 4 is 5.91 Å². The van der Waals surface area contributed by atoms with Gasteiger partial charge in [-0.25, -0.2) is 0 Å². The van der Waals surface area contributed by atoms with Crippen molar-refractivity contribution in [1.82, 2.24) is 15.1 Å². The molecule has 2 rings (SSSR count). The van der Waals surface area contributed by atoms with E-state index in [1.54, 1.807) is 0 Å². The summed E-state index contributed by atoms with van der Waals surface area (Å²) in [6.45, 7) is 11.1. The molecule has 2 fully saturated rings. The number of hydrogen-bond acceptors (Lipinski definition) is 3. The van der Waals surface area contributed by atoms with Gasteiger partial charge in [0.1, 0.15) is 0 Å². The van der Waals surface area contributed by atoms with Crippen molar-refractivity contribution in [2.45, 2.75) is 65.1 Å². The number of carbonyl (C=O) groups is 1. The van der Waals surface area contributed by atoms with E-state index in [-0.39, 0.29) is 12.2 Å². The predicted octanol–water partition coefficient (Wildman–Crippen LogP) is 2.05. The zero-order chi connectivity index (χ0) is 14.5. The third kappa shape index (κ3) is 3.73. The molecule has 0 aliphatic carbocycles. The number of nitrogens with zero attached hydrogens (tertiary/aromatic N) is 2. The summed E-state index contributed by atoms with van der Waals surface area (Å²) in [5.41, 5.74) is 0. The fraction of sp³-hybridized carbons (Fsp3) is 0.938. The van der Waals surface area contributed by atoms with Crippen molar-refractivity contribution in [2.24, 2.45) is 5.92 Å². The molecule has 4 heteroatoms. The number of amides is 1. The molecule has 4 nitrogen and oxygen atoms in total. The van der Waals surface area contributed by atoms with Crippen molar-refractivity contribution in [1.29, 1.82) is 0 Å². The van der Waals surface area contributed by atoms with Gasteiger partial charge in [0.15, 0.2) is 0 Å². The maximum Gasteiger partial charge on any atom is 0.241 e. The Kier molecular flexibility index (Phi) is 5.85. The molecule has 2 heterocycles. The van der Waals surface area contributed by atoms with Gasteiger partial charge in [-0.15, -0.1) is 0 Å². The molecule has 0 radical (unpaired) electrons. The SMILES string of the molecule is CCCC1NC(C(C)C)N(CCCN2CCCC2)C1=O. The van der Waals surface area contributed by atoms with Crippen LogP contribution in [0.3, 0.4) is 0 Å². The lowest BCUT2D eigenvalue weighted by atomic mass is 10.1. The van der Waals surface area contributed by atoms with Gasteiger partial charge >= 0.3 is 0 Å². The van der Waals surface area contributed by atoms with Gasteiger partial charge in [0.05, 0.1) is 12.2 Å². The van der Waals surface area contributed by atoms with E-state index in [0.717, 1.165) is 32.4 Å². The summed E-state index contributed by atoms with van der Waals surface area (Å²) in [4.78, 5) is 17.1. The van der Waals surface area contributed by atoms with E-state index in [2.05, 4.69) is 35.9 Å². The number of hydrogen-bond donors (Lipinski definition) is 1. The first kappa shape index (κ1) is 15.8. The van der Waals surface area contributed by atoms with E-state index < -0.39 is 0 Å². The van der Waals surface area contributed by atoms with Gasteiger partial charge < -0.3 is 9.80 Å². The molecular formula is C16H31N3O. The Morgan fingerprint density at radius 1 is 1.25 bits per heavy atom. The molecule has 2 aliphatic heterocycles. The second kappa shape index (κ2) is 7.41. The fourth-order valence-electron chi connectivity index (χ4n) is 3.47. The van der Waals surface area contributed by atoms with Gasteiger partial charge in [-0.3, -0.25) is 10.1 Å². The molecule has 2 aliphatic rings. The summed E-state index contributed by atoms with van der Waals surface area (Å²) in [5.74, 6) is 0.805. The van der Waals surface area contributed by atoms with Gasteiger partial charge in [-0.2, -0.15) is 0 Å². The van der Waals surface area contributed by atoms with Crippen LogP contribution in [0.2, 0.25) is 0 Å². The average molecular weight is 281 g/mol. The van der Waals surface area contributed by atoms with Gasteiger partial charge in [0, 0.05) is 6.54 Å². The predicted molar refractivity (Wildman–Crippen MR) is 82.5 cm³/mol. The second-order valence-electron chi connectivity index (χ2n) is 6.63. The quantitative estimate of drug-likeness (QED) is 0.776. The summed E-state index contributed by atoms with van der Waals surface area (Å²) in [7, 11) is 0. The van der Waals surface area contributed by atoms with Crippen molar-refractivity contribution < 1.29 is 4.79 Å². The first-order valence-corrected chi connectivity index (χ1v) is 8.42. The van der Waals surface area contributed by atoms with Crippen molar-refractivity contribution in [2.75, 3.05) is 26.2 Å². The van der Waals surface area contributed by atoms with Crippen LogP contribution in [0.4, 0.5) is 0 Å². The Bertz CT molecular complexity index is 313. The largest absolute Gasteiger partial charge is 0.325 e. The molecule has 0 aromatic carbocycles. The van der Waals surface area contributed by atoms with E-state index >= 15 is 0 Å². The maximum absolute atomic E-state index is 12.5. The van der Waals surface area contributed by atoms with Crippen LogP contribution < -0.4 is 5.32 Å². The summed E-state index contributed by atoms with van der Waals surface area (Å²) >= 11 is 0. The number of rotatable bonds is 7. The normalized spacial score (nSPS) is 28.0. The molecule has 2 saturated heterocycles. The van der Waals surface area contributed by atoms with E-state index in [1.807, 2.05) is 0 Å². The van der Waals surface area contributed by atoms with Crippen LogP contribution in [0.1, 0.15) is 52.9 Å². The Morgan fingerprint density at radius 2 is 1.95 bits per heavy atom. The monoisotopic (exact) mass is 281 g/mol. The van der Waals surface area contributed by atoms with Crippen LogP contribution >= 0.6 is 0 Å². The number of nitrogens with one attached hydrogen (secondary N) is 1. The van der Waals surface area contributed by atoms with Gasteiger partial charge in [0.25, 0.3) is 0 Å². The minimum Gasteiger partial charge on any atom is -0.325 e. The zero-order valence-corrected chi connectivity index (χ0v) is 13.4. The van der Waals surface area contributed by atoms with Crippen molar-refractivity contribution in [3.63, 3.8) is 0 Å². The van der Waals surface area contributed by atoms with Gasteiger partial charge in [-0.05, 0) is 51.2 Å². The average Bonchev–Trinajstić information content (AvgIpc) is 3.01. The lowest BCUT2D eigenvalue weighted by molar-refractivity contribution is -0.130. The van der Waals surface area contributed by atoms with Crippen LogP contribution in [-0.4, -0.2) is 54.1 Å². The standard InChI is InChI=1S/C16H31N3O/c1-4-8-14-16(20)19(15(17-14)13(2)3)12-7-11-18-9-5-6-10-18/h13-15,17H,4-12H2,1-3H3. The Balaban J connectivity index is 1.84. The molecule has 2 unspecified atom stereocenters. The maximum atomic E-state index is 12.5. The smallest absolute Gasteiger partial charge is 0.241 e. The topological polar surface area (TPSA) is 35.6 Å². The Morgan fingerprint density at radius 3 is 2.55 bits per heavy atom. The summed E-state index contributed by atoms with van der Waals surface area (Å²) < 4.78 is 0. The highest BCUT2D eigenvalue weighted by Gasteiger charge is 2.39. The molecule has 0 saturated carbocycles. The lowest BCUT2D eigenvalue weighted by Gasteiger charge is -2.28.